The molecule has 2 nitrogen and oxygen atoms in total. The van der Waals surface area contributed by atoms with Gasteiger partial charge in [0.15, 0.2) is 0 Å². The minimum Gasteiger partial charge on any atom is -0.329 e. The van der Waals surface area contributed by atoms with Crippen LogP contribution in [0.15, 0.2) is 29.6 Å². The molecule has 21 heavy (non-hydrogen) atoms. The lowest BCUT2D eigenvalue weighted by atomic mass is 9.96. The zero-order valence-electron chi connectivity index (χ0n) is 11.9. The summed E-state index contributed by atoms with van der Waals surface area (Å²) in [5, 5.41) is 2.56. The van der Waals surface area contributed by atoms with Gasteiger partial charge < -0.3 is 5.73 Å². The van der Waals surface area contributed by atoms with Crippen LogP contribution in [0.2, 0.25) is 5.02 Å². The Morgan fingerprint density at radius 1 is 1.48 bits per heavy atom. The van der Waals surface area contributed by atoms with Crippen LogP contribution in [0.5, 0.6) is 0 Å². The van der Waals surface area contributed by atoms with Crippen molar-refractivity contribution in [3.63, 3.8) is 0 Å². The molecule has 0 amide bonds. The second-order valence-corrected chi connectivity index (χ2v) is 6.85. The molecule has 2 unspecified atom stereocenters. The first-order valence-electron chi connectivity index (χ1n) is 7.08. The smallest absolute Gasteiger partial charge is 0.125 e. The highest BCUT2D eigenvalue weighted by molar-refractivity contribution is 7.10. The van der Waals surface area contributed by atoms with E-state index in [4.69, 9.17) is 17.3 Å². The van der Waals surface area contributed by atoms with Crippen molar-refractivity contribution in [3.8, 4) is 0 Å². The van der Waals surface area contributed by atoms with Gasteiger partial charge in [-0.25, -0.2) is 4.39 Å². The van der Waals surface area contributed by atoms with Crippen LogP contribution < -0.4 is 5.73 Å². The van der Waals surface area contributed by atoms with Crippen molar-refractivity contribution in [1.29, 1.82) is 0 Å². The van der Waals surface area contributed by atoms with Crippen molar-refractivity contribution in [1.82, 2.24) is 4.90 Å². The van der Waals surface area contributed by atoms with Crippen LogP contribution >= 0.6 is 22.9 Å². The highest BCUT2D eigenvalue weighted by Crippen LogP contribution is 2.38. The van der Waals surface area contributed by atoms with Crippen LogP contribution in [-0.2, 0) is 6.42 Å². The molecule has 2 N–H and O–H groups in total. The highest BCUT2D eigenvalue weighted by atomic mass is 35.5. The Labute approximate surface area is 133 Å². The van der Waals surface area contributed by atoms with E-state index in [9.17, 15) is 4.39 Å². The van der Waals surface area contributed by atoms with Gasteiger partial charge in [-0.2, -0.15) is 0 Å². The Morgan fingerprint density at radius 3 is 3.00 bits per heavy atom. The van der Waals surface area contributed by atoms with Crippen molar-refractivity contribution < 1.29 is 4.39 Å². The molecule has 0 aliphatic carbocycles. The minimum atomic E-state index is -0.308. The zero-order chi connectivity index (χ0) is 15.0. The summed E-state index contributed by atoms with van der Waals surface area (Å²) in [5.74, 6) is -0.308. The van der Waals surface area contributed by atoms with E-state index >= 15 is 0 Å². The predicted molar refractivity (Wildman–Crippen MR) is 86.3 cm³/mol. The van der Waals surface area contributed by atoms with Crippen LogP contribution in [0, 0.1) is 5.82 Å². The average molecular weight is 325 g/mol. The number of hydrogen-bond donors (Lipinski definition) is 1. The predicted octanol–water partition coefficient (Wildman–Crippen LogP) is 4.16. The maximum atomic E-state index is 13.6. The summed E-state index contributed by atoms with van der Waals surface area (Å²) in [5.41, 5.74) is 8.21. The Bertz CT molecular complexity index is 623. The number of rotatable bonds is 3. The van der Waals surface area contributed by atoms with Crippen LogP contribution in [0.25, 0.3) is 0 Å². The lowest BCUT2D eigenvalue weighted by molar-refractivity contribution is 0.138. The van der Waals surface area contributed by atoms with E-state index in [0.717, 1.165) is 18.5 Å². The molecule has 3 rings (SSSR count). The van der Waals surface area contributed by atoms with Crippen LogP contribution in [-0.4, -0.2) is 18.0 Å². The van der Waals surface area contributed by atoms with Gasteiger partial charge in [-0.05, 0) is 54.1 Å². The van der Waals surface area contributed by atoms with E-state index in [1.165, 1.54) is 16.5 Å². The second kappa shape index (κ2) is 6.05. The van der Waals surface area contributed by atoms with Crippen LogP contribution in [0.3, 0.4) is 0 Å². The number of benzene rings is 1. The molecular formula is C16H18ClFN2S. The molecule has 0 fully saturated rings. The van der Waals surface area contributed by atoms with E-state index in [-0.39, 0.29) is 17.9 Å². The highest BCUT2D eigenvalue weighted by Gasteiger charge is 2.30. The molecule has 1 aromatic heterocycles. The van der Waals surface area contributed by atoms with E-state index in [1.54, 1.807) is 6.07 Å². The fourth-order valence-electron chi connectivity index (χ4n) is 3.19. The van der Waals surface area contributed by atoms with E-state index in [2.05, 4.69) is 23.3 Å². The second-order valence-electron chi connectivity index (χ2n) is 5.42. The van der Waals surface area contributed by atoms with Gasteiger partial charge in [0.05, 0.1) is 0 Å². The summed E-state index contributed by atoms with van der Waals surface area (Å²) in [6, 6.07) is 7.15. The van der Waals surface area contributed by atoms with Gasteiger partial charge in [0.1, 0.15) is 5.82 Å². The third kappa shape index (κ3) is 2.86. The summed E-state index contributed by atoms with van der Waals surface area (Å²) >= 11 is 7.80. The van der Waals surface area contributed by atoms with E-state index in [0.29, 0.717) is 11.6 Å². The summed E-state index contributed by atoms with van der Waals surface area (Å²) in [6.45, 7) is 3.57. The first kappa shape index (κ1) is 15.0. The molecule has 2 aromatic rings. The normalized spacial score (nSPS) is 20.3. The fourth-order valence-corrected chi connectivity index (χ4v) is 4.38. The van der Waals surface area contributed by atoms with Gasteiger partial charge in [0, 0.05) is 35.1 Å². The lowest BCUT2D eigenvalue weighted by Crippen LogP contribution is -2.39. The van der Waals surface area contributed by atoms with Crippen LogP contribution in [0.1, 0.15) is 35.0 Å². The third-order valence-corrected chi connectivity index (χ3v) is 5.43. The van der Waals surface area contributed by atoms with Gasteiger partial charge >= 0.3 is 0 Å². The molecule has 1 aliphatic heterocycles. The summed E-state index contributed by atoms with van der Waals surface area (Å²) in [7, 11) is 0. The van der Waals surface area contributed by atoms with Gasteiger partial charge in [-0.1, -0.05) is 11.6 Å². The maximum absolute atomic E-state index is 13.6. The van der Waals surface area contributed by atoms with Crippen molar-refractivity contribution in [2.75, 3.05) is 13.1 Å². The van der Waals surface area contributed by atoms with E-state index in [1.807, 2.05) is 17.4 Å². The molecule has 112 valence electrons. The Kier molecular flexibility index (Phi) is 4.31. The molecule has 0 saturated heterocycles. The SMILES string of the molecule is CC1c2ccsc2CCN1C(CN)c1cc(F)cc(Cl)c1. The molecule has 2 atom stereocenters. The molecule has 5 heteroatoms. The quantitative estimate of drug-likeness (QED) is 0.918. The number of nitrogens with zero attached hydrogens (tertiary/aromatic N) is 1. The molecule has 1 aromatic carbocycles. The Balaban J connectivity index is 1.94. The largest absolute Gasteiger partial charge is 0.329 e. The molecule has 0 radical (unpaired) electrons. The fraction of sp³-hybridized carbons (Fsp3) is 0.375. The number of hydrogen-bond acceptors (Lipinski definition) is 3. The topological polar surface area (TPSA) is 29.3 Å². The maximum Gasteiger partial charge on any atom is 0.125 e. The van der Waals surface area contributed by atoms with Gasteiger partial charge in [-0.3, -0.25) is 4.90 Å². The number of fused-ring (bicyclic) bond motifs is 1. The summed E-state index contributed by atoms with van der Waals surface area (Å²) < 4.78 is 13.6. The number of nitrogens with two attached hydrogens (primary N) is 1. The number of thiophene rings is 1. The molecular weight excluding hydrogens is 307 g/mol. The molecule has 1 aliphatic rings. The zero-order valence-corrected chi connectivity index (χ0v) is 13.4. The molecule has 0 saturated carbocycles. The number of halogens is 2. The summed E-state index contributed by atoms with van der Waals surface area (Å²) in [6.07, 6.45) is 1.02. The monoisotopic (exact) mass is 324 g/mol. The van der Waals surface area contributed by atoms with E-state index < -0.39 is 0 Å². The molecule has 0 bridgehead atoms. The molecule has 0 spiro atoms. The van der Waals surface area contributed by atoms with Gasteiger partial charge in [-0.15, -0.1) is 11.3 Å². The van der Waals surface area contributed by atoms with Crippen molar-refractivity contribution in [2.24, 2.45) is 5.73 Å². The van der Waals surface area contributed by atoms with Crippen molar-refractivity contribution >= 4 is 22.9 Å². The first-order chi connectivity index (χ1) is 10.1. The Hall–Kier alpha value is -0.940. The standard InChI is InChI=1S/C16H18ClFN2S/c1-10-14-3-5-21-16(14)2-4-20(10)15(9-19)11-6-12(17)8-13(18)7-11/h3,5-8,10,15H,2,4,9,19H2,1H3. The van der Waals surface area contributed by atoms with Crippen molar-refractivity contribution in [3.05, 3.63) is 56.5 Å². The third-order valence-electron chi connectivity index (χ3n) is 4.22. The summed E-state index contributed by atoms with van der Waals surface area (Å²) in [4.78, 5) is 3.80. The Morgan fingerprint density at radius 2 is 2.29 bits per heavy atom. The molecule has 2 heterocycles. The minimum absolute atomic E-state index is 0.0127. The van der Waals surface area contributed by atoms with Gasteiger partial charge in [0.2, 0.25) is 0 Å². The lowest BCUT2D eigenvalue weighted by Gasteiger charge is -2.39. The first-order valence-corrected chi connectivity index (χ1v) is 8.34. The van der Waals surface area contributed by atoms with Crippen molar-refractivity contribution in [2.45, 2.75) is 25.4 Å². The van der Waals surface area contributed by atoms with Crippen LogP contribution in [0.4, 0.5) is 4.39 Å². The average Bonchev–Trinajstić information content (AvgIpc) is 2.90. The van der Waals surface area contributed by atoms with Gasteiger partial charge in [0.25, 0.3) is 0 Å².